The number of halogens is 1. The predicted molar refractivity (Wildman–Crippen MR) is 96.7 cm³/mol. The molecule has 1 amide bonds. The van der Waals surface area contributed by atoms with Crippen LogP contribution >= 0.6 is 15.9 Å². The minimum atomic E-state index is -0.854. The monoisotopic (exact) mass is 391 g/mol. The number of carbonyl (C=O) groups is 2. The first-order valence-electron chi connectivity index (χ1n) is 8.28. The van der Waals surface area contributed by atoms with Gasteiger partial charge < -0.3 is 10.4 Å². The second-order valence-corrected chi connectivity index (χ2v) is 7.94. The summed E-state index contributed by atoms with van der Waals surface area (Å²) in [6.07, 6.45) is 1.79. The first-order valence-corrected chi connectivity index (χ1v) is 9.07. The van der Waals surface area contributed by atoms with Crippen LogP contribution in [0.15, 0.2) is 33.8 Å². The van der Waals surface area contributed by atoms with Gasteiger partial charge in [0.25, 0.3) is 0 Å². The number of allylic oxidation sites excluding steroid dienone is 2. The highest BCUT2D eigenvalue weighted by Gasteiger charge is 2.57. The molecule has 0 unspecified atom stereocenters. The molecule has 0 aliphatic heterocycles. The standard InChI is InChI=1S/C19H22BrNO3/c1-9(2)15-12-5-6-13(15)17(19(23)24)16(12)18(22)21-11-4-7-14(20)10(3)8-11/h4,7-8,12-13,16-17H,5-6H2,1-3H3,(H,21,22)(H,23,24)/t12-,13-,16+,17+/m1/s1. The van der Waals surface area contributed by atoms with Crippen LogP contribution in [0.25, 0.3) is 0 Å². The first-order chi connectivity index (χ1) is 11.3. The zero-order valence-electron chi connectivity index (χ0n) is 14.1. The van der Waals surface area contributed by atoms with E-state index in [0.717, 1.165) is 22.9 Å². The van der Waals surface area contributed by atoms with Gasteiger partial charge in [-0.2, -0.15) is 0 Å². The Kier molecular flexibility index (Phi) is 4.56. The van der Waals surface area contributed by atoms with Crippen LogP contribution in [0.3, 0.4) is 0 Å². The molecule has 2 N–H and O–H groups in total. The van der Waals surface area contributed by atoms with E-state index in [4.69, 9.17) is 0 Å². The molecule has 24 heavy (non-hydrogen) atoms. The lowest BCUT2D eigenvalue weighted by molar-refractivity contribution is -0.148. The molecule has 0 heterocycles. The lowest BCUT2D eigenvalue weighted by atomic mass is 9.78. The first kappa shape index (κ1) is 17.2. The minimum Gasteiger partial charge on any atom is -0.481 e. The topological polar surface area (TPSA) is 66.4 Å². The van der Waals surface area contributed by atoms with Gasteiger partial charge in [0.1, 0.15) is 0 Å². The number of aryl methyl sites for hydroxylation is 1. The largest absolute Gasteiger partial charge is 0.481 e. The average molecular weight is 392 g/mol. The van der Waals surface area contributed by atoms with Gasteiger partial charge in [0, 0.05) is 10.2 Å². The van der Waals surface area contributed by atoms with Gasteiger partial charge >= 0.3 is 5.97 Å². The third-order valence-electron chi connectivity index (χ3n) is 5.43. The van der Waals surface area contributed by atoms with E-state index in [1.165, 1.54) is 11.1 Å². The fourth-order valence-electron chi connectivity index (χ4n) is 4.55. The Morgan fingerprint density at radius 3 is 2.33 bits per heavy atom. The zero-order valence-corrected chi connectivity index (χ0v) is 15.7. The Hall–Kier alpha value is -1.62. The van der Waals surface area contributed by atoms with Gasteiger partial charge in [-0.1, -0.05) is 27.1 Å². The van der Waals surface area contributed by atoms with Crippen molar-refractivity contribution >= 4 is 33.5 Å². The molecule has 128 valence electrons. The normalized spacial score (nSPS) is 28.1. The van der Waals surface area contributed by atoms with E-state index in [1.807, 2.05) is 39.0 Å². The molecule has 0 spiro atoms. The maximum Gasteiger partial charge on any atom is 0.307 e. The fraction of sp³-hybridized carbons (Fsp3) is 0.474. The number of carboxylic acid groups (broad SMARTS) is 1. The molecule has 0 aromatic heterocycles. The summed E-state index contributed by atoms with van der Waals surface area (Å²) in [5.74, 6) is -2.03. The third kappa shape index (κ3) is 2.79. The van der Waals surface area contributed by atoms with Crippen molar-refractivity contribution in [3.63, 3.8) is 0 Å². The van der Waals surface area contributed by atoms with Crippen molar-refractivity contribution < 1.29 is 14.7 Å². The number of carboxylic acids is 1. The highest BCUT2D eigenvalue weighted by atomic mass is 79.9. The van der Waals surface area contributed by atoms with Gasteiger partial charge in [-0.15, -0.1) is 0 Å². The van der Waals surface area contributed by atoms with E-state index in [2.05, 4.69) is 21.2 Å². The number of anilines is 1. The summed E-state index contributed by atoms with van der Waals surface area (Å²) < 4.78 is 0.982. The number of aliphatic carboxylic acids is 1. The van der Waals surface area contributed by atoms with Crippen molar-refractivity contribution in [2.45, 2.75) is 33.6 Å². The Labute approximate surface area is 150 Å². The number of rotatable bonds is 3. The van der Waals surface area contributed by atoms with Crippen molar-refractivity contribution in [3.05, 3.63) is 39.4 Å². The van der Waals surface area contributed by atoms with E-state index in [-0.39, 0.29) is 17.7 Å². The number of hydrogen-bond acceptors (Lipinski definition) is 2. The Morgan fingerprint density at radius 2 is 1.79 bits per heavy atom. The van der Waals surface area contributed by atoms with Crippen LogP contribution in [-0.2, 0) is 9.59 Å². The van der Waals surface area contributed by atoms with Gasteiger partial charge in [-0.05, 0) is 69.2 Å². The maximum absolute atomic E-state index is 12.9. The fourth-order valence-corrected chi connectivity index (χ4v) is 4.80. The van der Waals surface area contributed by atoms with E-state index in [0.29, 0.717) is 5.69 Å². The molecular formula is C19H22BrNO3. The van der Waals surface area contributed by atoms with Crippen molar-refractivity contribution in [1.82, 2.24) is 0 Å². The molecule has 2 saturated carbocycles. The van der Waals surface area contributed by atoms with Gasteiger partial charge in [-0.25, -0.2) is 0 Å². The zero-order chi connectivity index (χ0) is 17.6. The Bertz CT molecular complexity index is 736. The van der Waals surface area contributed by atoms with Crippen LogP contribution in [0.5, 0.6) is 0 Å². The molecule has 2 bridgehead atoms. The molecule has 3 rings (SSSR count). The lowest BCUT2D eigenvalue weighted by Gasteiger charge is -2.26. The molecule has 2 fully saturated rings. The van der Waals surface area contributed by atoms with Crippen molar-refractivity contribution in [2.24, 2.45) is 23.7 Å². The predicted octanol–water partition coefficient (Wildman–Crippen LogP) is 4.39. The number of amides is 1. The summed E-state index contributed by atoms with van der Waals surface area (Å²) >= 11 is 3.44. The minimum absolute atomic E-state index is 0.0138. The summed E-state index contributed by atoms with van der Waals surface area (Å²) in [5.41, 5.74) is 4.12. The molecule has 2 aliphatic rings. The highest BCUT2D eigenvalue weighted by Crippen LogP contribution is 2.57. The molecular weight excluding hydrogens is 370 g/mol. The second-order valence-electron chi connectivity index (χ2n) is 7.09. The molecule has 5 heteroatoms. The van der Waals surface area contributed by atoms with Crippen LogP contribution in [0.2, 0.25) is 0 Å². The summed E-state index contributed by atoms with van der Waals surface area (Å²) in [6, 6.07) is 5.62. The third-order valence-corrected chi connectivity index (χ3v) is 6.32. The molecule has 1 aromatic carbocycles. The van der Waals surface area contributed by atoms with Crippen LogP contribution in [0, 0.1) is 30.6 Å². The number of fused-ring (bicyclic) bond motifs is 2. The summed E-state index contributed by atoms with van der Waals surface area (Å²) in [6.45, 7) is 6.01. The molecule has 1 aromatic rings. The van der Waals surface area contributed by atoms with Crippen LogP contribution in [-0.4, -0.2) is 17.0 Å². The number of benzene rings is 1. The summed E-state index contributed by atoms with van der Waals surface area (Å²) in [7, 11) is 0. The smallest absolute Gasteiger partial charge is 0.307 e. The van der Waals surface area contributed by atoms with Crippen molar-refractivity contribution in [1.29, 1.82) is 0 Å². The van der Waals surface area contributed by atoms with E-state index in [1.54, 1.807) is 0 Å². The molecule has 0 radical (unpaired) electrons. The lowest BCUT2D eigenvalue weighted by Crippen LogP contribution is -2.37. The Morgan fingerprint density at radius 1 is 1.17 bits per heavy atom. The van der Waals surface area contributed by atoms with Gasteiger partial charge in [0.2, 0.25) is 5.91 Å². The Balaban J connectivity index is 1.89. The van der Waals surface area contributed by atoms with Crippen molar-refractivity contribution in [3.8, 4) is 0 Å². The molecule has 2 aliphatic carbocycles. The van der Waals surface area contributed by atoms with E-state index < -0.39 is 17.8 Å². The van der Waals surface area contributed by atoms with Gasteiger partial charge in [0.15, 0.2) is 0 Å². The number of carbonyl (C=O) groups excluding carboxylic acids is 1. The summed E-state index contributed by atoms with van der Waals surface area (Å²) in [4.78, 5) is 24.7. The quantitative estimate of drug-likeness (QED) is 0.750. The summed E-state index contributed by atoms with van der Waals surface area (Å²) in [5, 5.41) is 12.6. The average Bonchev–Trinajstić information content (AvgIpc) is 3.06. The molecule has 4 nitrogen and oxygen atoms in total. The van der Waals surface area contributed by atoms with Crippen molar-refractivity contribution in [2.75, 3.05) is 5.32 Å². The molecule has 0 saturated heterocycles. The number of hydrogen-bond donors (Lipinski definition) is 2. The second kappa shape index (κ2) is 6.36. The number of nitrogens with one attached hydrogen (secondary N) is 1. The maximum atomic E-state index is 12.9. The highest BCUT2D eigenvalue weighted by molar-refractivity contribution is 9.10. The van der Waals surface area contributed by atoms with Crippen LogP contribution < -0.4 is 5.32 Å². The van der Waals surface area contributed by atoms with Crippen LogP contribution in [0.1, 0.15) is 32.3 Å². The van der Waals surface area contributed by atoms with Crippen LogP contribution in [0.4, 0.5) is 5.69 Å². The van der Waals surface area contributed by atoms with Gasteiger partial charge in [-0.3, -0.25) is 9.59 Å². The molecule has 4 atom stereocenters. The van der Waals surface area contributed by atoms with Gasteiger partial charge in [0.05, 0.1) is 11.8 Å². The van der Waals surface area contributed by atoms with E-state index in [9.17, 15) is 14.7 Å². The van der Waals surface area contributed by atoms with E-state index >= 15 is 0 Å². The SMILES string of the molecule is CC(C)=C1[C@H]2CC[C@H]1[C@H](C(=O)Nc1ccc(Br)c(C)c1)[C@H]2C(=O)O.